The highest BCUT2D eigenvalue weighted by molar-refractivity contribution is 7.80. The molecule has 0 saturated carbocycles. The topological polar surface area (TPSA) is 93.4 Å². The number of amides is 1. The van der Waals surface area contributed by atoms with Gasteiger partial charge in [0.2, 0.25) is 4.96 Å². The number of hydrogen-bond donors (Lipinski definition) is 2. The van der Waals surface area contributed by atoms with E-state index in [4.69, 9.17) is 17.0 Å². The van der Waals surface area contributed by atoms with Crippen molar-refractivity contribution >= 4 is 45.2 Å². The Bertz CT molecular complexity index is 1560. The number of thiocarbonyl (C=S) groups is 1. The van der Waals surface area contributed by atoms with Crippen molar-refractivity contribution in [3.8, 4) is 16.3 Å². The van der Waals surface area contributed by atoms with Gasteiger partial charge >= 0.3 is 0 Å². The van der Waals surface area contributed by atoms with Gasteiger partial charge in [-0.05, 0) is 61.5 Å². The van der Waals surface area contributed by atoms with Crippen molar-refractivity contribution < 1.29 is 9.53 Å². The van der Waals surface area contributed by atoms with Gasteiger partial charge in [-0.3, -0.25) is 10.1 Å². The maximum atomic E-state index is 12.8. The maximum absolute atomic E-state index is 12.8. The molecule has 0 aliphatic carbocycles. The van der Waals surface area contributed by atoms with Gasteiger partial charge in [-0.2, -0.15) is 9.61 Å². The molecule has 0 spiro atoms. The van der Waals surface area contributed by atoms with Crippen molar-refractivity contribution in [1.29, 1.82) is 0 Å². The van der Waals surface area contributed by atoms with Crippen LogP contribution < -0.4 is 15.4 Å². The highest BCUT2D eigenvalue weighted by Crippen LogP contribution is 2.29. The minimum Gasteiger partial charge on any atom is -0.489 e. The Kier molecular flexibility index (Phi) is 6.70. The van der Waals surface area contributed by atoms with Crippen LogP contribution in [-0.4, -0.2) is 30.8 Å². The molecule has 0 radical (unpaired) electrons. The van der Waals surface area contributed by atoms with Crippen LogP contribution in [0.2, 0.25) is 0 Å². The third-order valence-corrected chi connectivity index (χ3v) is 6.60. The van der Waals surface area contributed by atoms with Gasteiger partial charge in [-0.25, -0.2) is 0 Å². The molecule has 3 aromatic carbocycles. The zero-order chi connectivity index (χ0) is 25.1. The lowest BCUT2D eigenvalue weighted by Crippen LogP contribution is -2.34. The number of aromatic nitrogens is 4. The third kappa shape index (κ3) is 5.24. The van der Waals surface area contributed by atoms with E-state index < -0.39 is 0 Å². The molecule has 0 aliphatic heterocycles. The number of rotatable bonds is 6. The molecule has 0 aliphatic rings. The van der Waals surface area contributed by atoms with Crippen LogP contribution in [0, 0.1) is 13.8 Å². The first kappa shape index (κ1) is 23.6. The van der Waals surface area contributed by atoms with Crippen molar-refractivity contribution in [2.45, 2.75) is 20.5 Å². The van der Waals surface area contributed by atoms with E-state index in [9.17, 15) is 4.79 Å². The number of ether oxygens (including phenoxy) is 1. The average Bonchev–Trinajstić information content (AvgIpc) is 3.47. The van der Waals surface area contributed by atoms with Crippen molar-refractivity contribution in [2.24, 2.45) is 0 Å². The second-order valence-electron chi connectivity index (χ2n) is 8.09. The molecule has 2 aromatic heterocycles. The summed E-state index contributed by atoms with van der Waals surface area (Å²) >= 11 is 6.88. The second-order valence-corrected chi connectivity index (χ2v) is 9.45. The van der Waals surface area contributed by atoms with Crippen LogP contribution in [-0.2, 0) is 6.61 Å². The van der Waals surface area contributed by atoms with Crippen LogP contribution in [0.4, 0.5) is 5.69 Å². The molecule has 10 heteroatoms. The van der Waals surface area contributed by atoms with Crippen LogP contribution in [0.1, 0.15) is 27.3 Å². The number of hydrogen-bond acceptors (Lipinski definition) is 7. The summed E-state index contributed by atoms with van der Waals surface area (Å²) in [4.78, 5) is 13.6. The van der Waals surface area contributed by atoms with E-state index in [-0.39, 0.29) is 11.0 Å². The van der Waals surface area contributed by atoms with Crippen molar-refractivity contribution in [1.82, 2.24) is 25.1 Å². The Morgan fingerprint density at radius 2 is 1.86 bits per heavy atom. The van der Waals surface area contributed by atoms with E-state index >= 15 is 0 Å². The van der Waals surface area contributed by atoms with Crippen LogP contribution >= 0.6 is 23.6 Å². The lowest BCUT2D eigenvalue weighted by molar-refractivity contribution is 0.0977. The van der Waals surface area contributed by atoms with Crippen LogP contribution in [0.25, 0.3) is 15.5 Å². The molecule has 0 fully saturated rings. The number of nitrogens with one attached hydrogen (secondary N) is 2. The molecule has 8 nitrogen and oxygen atoms in total. The fourth-order valence-corrected chi connectivity index (χ4v) is 4.60. The quantitative estimate of drug-likeness (QED) is 0.302. The molecule has 0 atom stereocenters. The van der Waals surface area contributed by atoms with Gasteiger partial charge in [-0.15, -0.1) is 10.2 Å². The van der Waals surface area contributed by atoms with Crippen molar-refractivity contribution in [3.05, 3.63) is 95.3 Å². The number of carbonyl (C=O) groups excluding carboxylic acids is 1. The first-order chi connectivity index (χ1) is 17.5. The van der Waals surface area contributed by atoms with Crippen molar-refractivity contribution in [3.63, 3.8) is 0 Å². The minimum absolute atomic E-state index is 0.199. The lowest BCUT2D eigenvalue weighted by atomic mass is 10.1. The molecule has 1 amide bonds. The Balaban J connectivity index is 1.25. The normalized spacial score (nSPS) is 10.8. The van der Waals surface area contributed by atoms with Gasteiger partial charge in [-0.1, -0.05) is 59.9 Å². The number of aryl methyl sites for hydroxylation is 2. The summed E-state index contributed by atoms with van der Waals surface area (Å²) in [5.74, 6) is 1.01. The molecule has 180 valence electrons. The van der Waals surface area contributed by atoms with Crippen LogP contribution in [0.15, 0.2) is 72.8 Å². The highest BCUT2D eigenvalue weighted by atomic mass is 32.1. The summed E-state index contributed by atoms with van der Waals surface area (Å²) in [6.45, 7) is 4.24. The summed E-state index contributed by atoms with van der Waals surface area (Å²) in [7, 11) is 0. The number of benzene rings is 3. The first-order valence-electron chi connectivity index (χ1n) is 11.2. The van der Waals surface area contributed by atoms with E-state index in [2.05, 4.69) is 25.9 Å². The molecule has 0 saturated heterocycles. The van der Waals surface area contributed by atoms with Gasteiger partial charge < -0.3 is 10.1 Å². The van der Waals surface area contributed by atoms with E-state index in [1.54, 1.807) is 22.7 Å². The molecule has 2 N–H and O–H groups in total. The first-order valence-corrected chi connectivity index (χ1v) is 12.4. The van der Waals surface area contributed by atoms with Gasteiger partial charge in [0.1, 0.15) is 17.4 Å². The lowest BCUT2D eigenvalue weighted by Gasteiger charge is -2.13. The predicted molar refractivity (Wildman–Crippen MR) is 144 cm³/mol. The fraction of sp³-hybridized carbons (Fsp3) is 0.115. The molecule has 2 heterocycles. The van der Waals surface area contributed by atoms with Gasteiger partial charge in [0.05, 0.1) is 0 Å². The SMILES string of the molecule is Cc1ccc(-c2nn3c(C)nnc3s2)cc1NC(=S)NC(=O)c1cccc(OCc2ccccc2)c1. The smallest absolute Gasteiger partial charge is 0.257 e. The molecule has 36 heavy (non-hydrogen) atoms. The zero-order valence-electron chi connectivity index (χ0n) is 19.6. The third-order valence-electron chi connectivity index (χ3n) is 5.45. The van der Waals surface area contributed by atoms with Crippen LogP contribution in [0.5, 0.6) is 5.75 Å². The van der Waals surface area contributed by atoms with Gasteiger partial charge in [0, 0.05) is 16.8 Å². The monoisotopic (exact) mass is 514 g/mol. The van der Waals surface area contributed by atoms with E-state index in [0.717, 1.165) is 38.2 Å². The predicted octanol–water partition coefficient (Wildman–Crippen LogP) is 5.18. The average molecular weight is 515 g/mol. The van der Waals surface area contributed by atoms with Crippen molar-refractivity contribution in [2.75, 3.05) is 5.32 Å². The highest BCUT2D eigenvalue weighted by Gasteiger charge is 2.14. The van der Waals surface area contributed by atoms with Crippen LogP contribution in [0.3, 0.4) is 0 Å². The number of fused-ring (bicyclic) bond motifs is 1. The Hall–Kier alpha value is -4.15. The molecule has 0 bridgehead atoms. The van der Waals surface area contributed by atoms with Gasteiger partial charge in [0.25, 0.3) is 5.91 Å². The summed E-state index contributed by atoms with van der Waals surface area (Å²) in [5, 5.41) is 19.6. The van der Waals surface area contributed by atoms with E-state index in [1.807, 2.05) is 68.4 Å². The number of nitrogens with zero attached hydrogens (tertiary/aromatic N) is 4. The maximum Gasteiger partial charge on any atom is 0.257 e. The Labute approximate surface area is 217 Å². The van der Waals surface area contributed by atoms with E-state index in [1.165, 1.54) is 11.3 Å². The zero-order valence-corrected chi connectivity index (χ0v) is 21.2. The Morgan fingerprint density at radius 3 is 2.67 bits per heavy atom. The Morgan fingerprint density at radius 1 is 1.03 bits per heavy atom. The molecule has 5 rings (SSSR count). The number of carbonyl (C=O) groups is 1. The molecule has 5 aromatic rings. The standard InChI is InChI=1S/C26H22N6O2S2/c1-16-11-12-20(24-31-32-17(2)29-30-26(32)36-24)14-22(16)27-25(35)28-23(33)19-9-6-10-21(13-19)34-15-18-7-4-3-5-8-18/h3-14H,15H2,1-2H3,(H2,27,28,33,35). The van der Waals surface area contributed by atoms with E-state index in [0.29, 0.717) is 17.9 Å². The minimum atomic E-state index is -0.324. The summed E-state index contributed by atoms with van der Waals surface area (Å²) in [5.41, 5.74) is 4.17. The molecular formula is C26H22N6O2S2. The fourth-order valence-electron chi connectivity index (χ4n) is 3.52. The largest absolute Gasteiger partial charge is 0.489 e. The second kappa shape index (κ2) is 10.2. The summed E-state index contributed by atoms with van der Waals surface area (Å²) in [6, 6.07) is 22.8. The molecule has 0 unspecified atom stereocenters. The van der Waals surface area contributed by atoms with Gasteiger partial charge in [0.15, 0.2) is 10.9 Å². The summed E-state index contributed by atoms with van der Waals surface area (Å²) < 4.78 is 7.55. The number of anilines is 1. The summed E-state index contributed by atoms with van der Waals surface area (Å²) in [6.07, 6.45) is 0. The molecular weight excluding hydrogens is 492 g/mol.